The molecule has 54 heavy (non-hydrogen) atoms. The van der Waals surface area contributed by atoms with Gasteiger partial charge in [0.05, 0.1) is 17.6 Å². The van der Waals surface area contributed by atoms with E-state index in [2.05, 4.69) is 16.0 Å². The molecule has 13 heteroatoms. The van der Waals surface area contributed by atoms with E-state index in [0.29, 0.717) is 32.3 Å². The summed E-state index contributed by atoms with van der Waals surface area (Å²) in [5, 5.41) is 19.5. The van der Waals surface area contributed by atoms with Gasteiger partial charge in [0, 0.05) is 33.2 Å². The fourth-order valence-corrected chi connectivity index (χ4v) is 8.37. The summed E-state index contributed by atoms with van der Waals surface area (Å²) >= 11 is 2.71. The van der Waals surface area contributed by atoms with Crippen molar-refractivity contribution < 1.29 is 28.8 Å². The number of nitro benzene ring substituents is 1. The third kappa shape index (κ3) is 9.29. The Kier molecular flexibility index (Phi) is 12.3. The van der Waals surface area contributed by atoms with E-state index < -0.39 is 28.0 Å². The van der Waals surface area contributed by atoms with Crippen LogP contribution in [0.3, 0.4) is 0 Å². The standard InChI is InChI=1S/C41H36N4O7S2/c1-52-41(49)35-32-18-9-4-10-19-34(32)54-40(35)44-39(48)36(27-12-5-2-6-13-27)53-31-17-11-16-29(25-31)42-38(47)33(43-37(46)28-14-7-3-8-15-28)24-26-20-22-30(23-21-26)45(50)51/h2-3,5-8,11-17,20-25,36H,4,9-10,18-19H2,1H3,(H,42,47)(H,43,46)(H,44,48)/b33-24+. The molecule has 0 saturated heterocycles. The Hall–Kier alpha value is -6.05. The van der Waals surface area contributed by atoms with Gasteiger partial charge in [-0.05, 0) is 90.9 Å². The fraction of sp³-hybridized carbons (Fsp3) is 0.171. The van der Waals surface area contributed by atoms with Crippen LogP contribution in [0, 0.1) is 10.1 Å². The number of thioether (sulfide) groups is 1. The van der Waals surface area contributed by atoms with Gasteiger partial charge in [-0.3, -0.25) is 24.5 Å². The van der Waals surface area contributed by atoms with Gasteiger partial charge >= 0.3 is 5.97 Å². The molecule has 6 rings (SSSR count). The van der Waals surface area contributed by atoms with Gasteiger partial charge in [-0.2, -0.15) is 0 Å². The Morgan fingerprint density at radius 3 is 2.26 bits per heavy atom. The topological polar surface area (TPSA) is 157 Å². The van der Waals surface area contributed by atoms with Crippen LogP contribution in [0.4, 0.5) is 16.4 Å². The summed E-state index contributed by atoms with van der Waals surface area (Å²) in [6, 6.07) is 30.2. The molecule has 0 radical (unpaired) electrons. The van der Waals surface area contributed by atoms with E-state index in [-0.39, 0.29) is 17.3 Å². The molecular weight excluding hydrogens is 725 g/mol. The molecule has 5 aromatic rings. The first-order valence-corrected chi connectivity index (χ1v) is 18.9. The first kappa shape index (κ1) is 37.7. The third-order valence-electron chi connectivity index (χ3n) is 8.68. The Labute approximate surface area is 320 Å². The summed E-state index contributed by atoms with van der Waals surface area (Å²) in [6.07, 6.45) is 6.09. The van der Waals surface area contributed by atoms with Crippen molar-refractivity contribution in [3.8, 4) is 0 Å². The number of thiophene rings is 1. The molecule has 3 amide bonds. The number of anilines is 2. The van der Waals surface area contributed by atoms with E-state index in [1.807, 2.05) is 36.4 Å². The molecule has 11 nitrogen and oxygen atoms in total. The Bertz CT molecular complexity index is 2200. The first-order valence-electron chi connectivity index (χ1n) is 17.2. The number of nitrogens with zero attached hydrogens (tertiary/aromatic N) is 1. The fourth-order valence-electron chi connectivity index (χ4n) is 6.01. The number of methoxy groups -OCH3 is 1. The molecule has 1 aliphatic rings. The van der Waals surface area contributed by atoms with Crippen LogP contribution in [-0.4, -0.2) is 35.7 Å². The number of carbonyl (C=O) groups excluding carboxylic acids is 4. The van der Waals surface area contributed by atoms with Crippen molar-refractivity contribution in [3.05, 3.63) is 158 Å². The summed E-state index contributed by atoms with van der Waals surface area (Å²) in [6.45, 7) is 0. The van der Waals surface area contributed by atoms with Crippen molar-refractivity contribution in [1.82, 2.24) is 5.32 Å². The van der Waals surface area contributed by atoms with Gasteiger partial charge in [0.1, 0.15) is 15.9 Å². The van der Waals surface area contributed by atoms with Crippen molar-refractivity contribution in [2.45, 2.75) is 42.2 Å². The highest BCUT2D eigenvalue weighted by Gasteiger charge is 2.29. The summed E-state index contributed by atoms with van der Waals surface area (Å²) in [4.78, 5) is 66.4. The SMILES string of the molecule is COC(=O)c1c(NC(=O)C(Sc2cccc(NC(=O)/C(=C\c3ccc([N+](=O)[O-])cc3)NC(=O)c3ccccc3)c2)c2ccccc2)sc2c1CCCCC2. The highest BCUT2D eigenvalue weighted by Crippen LogP contribution is 2.41. The number of rotatable bonds is 12. The van der Waals surface area contributed by atoms with Crippen LogP contribution in [0.15, 0.2) is 120 Å². The van der Waals surface area contributed by atoms with Crippen LogP contribution in [0.2, 0.25) is 0 Å². The van der Waals surface area contributed by atoms with E-state index in [9.17, 15) is 29.3 Å². The monoisotopic (exact) mass is 760 g/mol. The number of benzene rings is 4. The van der Waals surface area contributed by atoms with Crippen LogP contribution in [0.5, 0.6) is 0 Å². The lowest BCUT2D eigenvalue weighted by atomic mass is 10.1. The summed E-state index contributed by atoms with van der Waals surface area (Å²) < 4.78 is 5.14. The Morgan fingerprint density at radius 1 is 0.852 bits per heavy atom. The predicted octanol–water partition coefficient (Wildman–Crippen LogP) is 8.59. The van der Waals surface area contributed by atoms with Gasteiger partial charge in [0.2, 0.25) is 5.91 Å². The van der Waals surface area contributed by atoms with Crippen molar-refractivity contribution in [3.63, 3.8) is 0 Å². The number of aryl methyl sites for hydroxylation is 1. The molecule has 1 aromatic heterocycles. The Balaban J connectivity index is 1.25. The normalized spacial score (nSPS) is 13.1. The smallest absolute Gasteiger partial charge is 0.341 e. The van der Waals surface area contributed by atoms with E-state index in [1.54, 1.807) is 48.5 Å². The second-order valence-electron chi connectivity index (χ2n) is 12.4. The molecule has 1 heterocycles. The number of ether oxygens (including phenoxy) is 1. The number of hydrogen-bond donors (Lipinski definition) is 3. The van der Waals surface area contributed by atoms with E-state index in [1.165, 1.54) is 60.5 Å². The van der Waals surface area contributed by atoms with Crippen LogP contribution in [-0.2, 0) is 27.2 Å². The number of hydrogen-bond acceptors (Lipinski definition) is 9. The van der Waals surface area contributed by atoms with Crippen molar-refractivity contribution in [2.75, 3.05) is 17.7 Å². The van der Waals surface area contributed by atoms with Crippen LogP contribution in [0.25, 0.3) is 6.08 Å². The molecular formula is C41H36N4O7S2. The van der Waals surface area contributed by atoms with Crippen molar-refractivity contribution in [1.29, 1.82) is 0 Å². The number of fused-ring (bicyclic) bond motifs is 1. The lowest BCUT2D eigenvalue weighted by molar-refractivity contribution is -0.384. The second kappa shape index (κ2) is 17.6. The zero-order valence-corrected chi connectivity index (χ0v) is 30.8. The number of amides is 3. The zero-order chi connectivity index (χ0) is 38.0. The summed E-state index contributed by atoms with van der Waals surface area (Å²) in [5.74, 6) is -1.94. The minimum absolute atomic E-state index is 0.0898. The third-order valence-corrected chi connectivity index (χ3v) is 11.1. The van der Waals surface area contributed by atoms with Crippen LogP contribution < -0.4 is 16.0 Å². The predicted molar refractivity (Wildman–Crippen MR) is 211 cm³/mol. The molecule has 0 aliphatic heterocycles. The average Bonchev–Trinajstić information content (AvgIpc) is 3.36. The summed E-state index contributed by atoms with van der Waals surface area (Å²) in [7, 11) is 1.34. The molecule has 1 aliphatic carbocycles. The number of nitrogens with one attached hydrogen (secondary N) is 3. The minimum Gasteiger partial charge on any atom is -0.465 e. The van der Waals surface area contributed by atoms with Crippen molar-refractivity contribution >= 4 is 69.2 Å². The lowest BCUT2D eigenvalue weighted by Crippen LogP contribution is -2.30. The molecule has 1 atom stereocenters. The van der Waals surface area contributed by atoms with Crippen molar-refractivity contribution in [2.24, 2.45) is 0 Å². The quantitative estimate of drug-likeness (QED) is 0.0285. The molecule has 1 unspecified atom stereocenters. The van der Waals surface area contributed by atoms with E-state index in [0.717, 1.165) is 48.1 Å². The van der Waals surface area contributed by atoms with Crippen LogP contribution >= 0.6 is 23.1 Å². The highest BCUT2D eigenvalue weighted by atomic mass is 32.2. The van der Waals surface area contributed by atoms with Gasteiger partial charge in [-0.15, -0.1) is 23.1 Å². The molecule has 0 spiro atoms. The molecule has 4 aromatic carbocycles. The molecule has 0 fully saturated rings. The number of esters is 1. The van der Waals surface area contributed by atoms with E-state index >= 15 is 0 Å². The molecule has 274 valence electrons. The number of nitro groups is 1. The molecule has 0 saturated carbocycles. The largest absolute Gasteiger partial charge is 0.465 e. The van der Waals surface area contributed by atoms with Gasteiger partial charge in [-0.25, -0.2) is 4.79 Å². The molecule has 3 N–H and O–H groups in total. The van der Waals surface area contributed by atoms with Gasteiger partial charge in [-0.1, -0.05) is 61.0 Å². The van der Waals surface area contributed by atoms with E-state index in [4.69, 9.17) is 4.74 Å². The van der Waals surface area contributed by atoms with Gasteiger partial charge in [0.15, 0.2) is 0 Å². The maximum absolute atomic E-state index is 14.1. The maximum atomic E-state index is 14.1. The molecule has 0 bridgehead atoms. The summed E-state index contributed by atoms with van der Waals surface area (Å²) in [5.41, 5.74) is 3.10. The first-order chi connectivity index (χ1) is 26.2. The second-order valence-corrected chi connectivity index (χ2v) is 14.7. The van der Waals surface area contributed by atoms with Crippen LogP contribution in [0.1, 0.15) is 66.8 Å². The Morgan fingerprint density at radius 2 is 1.56 bits per heavy atom. The van der Waals surface area contributed by atoms with Gasteiger partial charge < -0.3 is 20.7 Å². The zero-order valence-electron chi connectivity index (χ0n) is 29.2. The lowest BCUT2D eigenvalue weighted by Gasteiger charge is -2.18. The maximum Gasteiger partial charge on any atom is 0.341 e. The highest BCUT2D eigenvalue weighted by molar-refractivity contribution is 8.00. The van der Waals surface area contributed by atoms with Gasteiger partial charge in [0.25, 0.3) is 17.5 Å². The number of carbonyl (C=O) groups is 4. The average molecular weight is 761 g/mol. The minimum atomic E-state index is -0.729. The number of non-ortho nitro benzene ring substituents is 1.